The van der Waals surface area contributed by atoms with Crippen molar-refractivity contribution in [1.82, 2.24) is 15.2 Å². The average Bonchev–Trinajstić information content (AvgIpc) is 3.02. The van der Waals surface area contributed by atoms with E-state index >= 15 is 0 Å². The van der Waals surface area contributed by atoms with E-state index in [1.165, 1.54) is 12.1 Å². The zero-order valence-corrected chi connectivity index (χ0v) is 20.0. The number of hydrogen-bond acceptors (Lipinski definition) is 6. The fourth-order valence-corrected chi connectivity index (χ4v) is 5.46. The van der Waals surface area contributed by atoms with Crippen molar-refractivity contribution in [2.75, 3.05) is 25.5 Å². The van der Waals surface area contributed by atoms with Crippen LogP contribution < -0.4 is 10.2 Å². The number of pyridine rings is 1. The number of rotatable bonds is 4. The molecule has 33 heavy (non-hydrogen) atoms. The number of hydrogen-bond donors (Lipinski definition) is 3. The van der Waals surface area contributed by atoms with Gasteiger partial charge in [0.1, 0.15) is 17.5 Å². The molecule has 6 nitrogen and oxygen atoms in total. The second kappa shape index (κ2) is 8.27. The first-order valence-corrected chi connectivity index (χ1v) is 11.4. The van der Waals surface area contributed by atoms with Gasteiger partial charge in [0.15, 0.2) is 6.35 Å². The smallest absolute Gasteiger partial charge is 0.185 e. The standard InChI is InChI=1S/C25H34F2N4O2/c1-16-10-18(23(2,3)33)14-28-21(16)31-15-24(29-22(31)32)6-8-25(9-7-24,30(4)5)17-11-19(26)13-20(27)12-17/h10-14,22,29,32-33H,6-9,15H2,1-5H3. The van der Waals surface area contributed by atoms with Gasteiger partial charge < -0.3 is 15.1 Å². The first-order chi connectivity index (χ1) is 15.4. The van der Waals surface area contributed by atoms with Crippen LogP contribution in [0.15, 0.2) is 30.5 Å². The van der Waals surface area contributed by atoms with Gasteiger partial charge in [0.05, 0.1) is 5.60 Å². The van der Waals surface area contributed by atoms with Gasteiger partial charge in [-0.1, -0.05) is 0 Å². The third kappa shape index (κ3) is 4.37. The van der Waals surface area contributed by atoms with Crippen molar-refractivity contribution in [3.63, 3.8) is 0 Å². The van der Waals surface area contributed by atoms with Crippen LogP contribution in [0.1, 0.15) is 56.2 Å². The van der Waals surface area contributed by atoms with Gasteiger partial charge in [-0.05, 0) is 89.9 Å². The molecule has 2 aromatic rings. The molecule has 1 aromatic carbocycles. The summed E-state index contributed by atoms with van der Waals surface area (Å²) < 4.78 is 28.0. The van der Waals surface area contributed by atoms with Crippen LogP contribution in [0.3, 0.4) is 0 Å². The van der Waals surface area contributed by atoms with E-state index in [9.17, 15) is 19.0 Å². The van der Waals surface area contributed by atoms with Crippen molar-refractivity contribution in [3.05, 3.63) is 58.8 Å². The molecule has 0 amide bonds. The summed E-state index contributed by atoms with van der Waals surface area (Å²) in [6.45, 7) is 5.93. The lowest BCUT2D eigenvalue weighted by Gasteiger charge is -2.49. The lowest BCUT2D eigenvalue weighted by atomic mass is 9.69. The monoisotopic (exact) mass is 460 g/mol. The molecule has 1 saturated heterocycles. The van der Waals surface area contributed by atoms with Gasteiger partial charge in [0, 0.05) is 35.4 Å². The van der Waals surface area contributed by atoms with E-state index < -0.39 is 29.1 Å². The molecule has 1 spiro atoms. The zero-order valence-electron chi connectivity index (χ0n) is 20.0. The minimum absolute atomic E-state index is 0.326. The molecule has 8 heteroatoms. The molecule has 2 heterocycles. The van der Waals surface area contributed by atoms with Crippen LogP contribution in [0.2, 0.25) is 0 Å². The average molecular weight is 461 g/mol. The second-order valence-electron chi connectivity index (χ2n) is 10.4. The van der Waals surface area contributed by atoms with Gasteiger partial charge in [0.25, 0.3) is 0 Å². The van der Waals surface area contributed by atoms with Crippen molar-refractivity contribution >= 4 is 5.82 Å². The van der Waals surface area contributed by atoms with Crippen molar-refractivity contribution in [2.24, 2.45) is 0 Å². The number of aliphatic hydroxyl groups excluding tert-OH is 1. The summed E-state index contributed by atoms with van der Waals surface area (Å²) in [7, 11) is 3.89. The first kappa shape index (κ1) is 24.0. The first-order valence-electron chi connectivity index (χ1n) is 11.4. The summed E-state index contributed by atoms with van der Waals surface area (Å²) in [5.74, 6) is -0.456. The number of anilines is 1. The van der Waals surface area contributed by atoms with Crippen LogP contribution in [0.25, 0.3) is 0 Å². The SMILES string of the molecule is Cc1cc(C(C)(C)O)cnc1N1CC2(CCC(c3cc(F)cc(F)c3)(N(C)C)CC2)NC1O. The normalized spacial score (nSPS) is 28.2. The highest BCUT2D eigenvalue weighted by atomic mass is 19.1. The summed E-state index contributed by atoms with van der Waals surface area (Å²) >= 11 is 0. The Labute approximate surface area is 194 Å². The van der Waals surface area contributed by atoms with Crippen LogP contribution in [-0.4, -0.2) is 52.6 Å². The largest absolute Gasteiger partial charge is 0.386 e. The molecule has 4 rings (SSSR count). The molecule has 2 fully saturated rings. The fraction of sp³-hybridized carbons (Fsp3) is 0.560. The van der Waals surface area contributed by atoms with Crippen molar-refractivity contribution in [3.8, 4) is 0 Å². The Kier molecular flexibility index (Phi) is 6.02. The highest BCUT2D eigenvalue weighted by molar-refractivity contribution is 5.50. The van der Waals surface area contributed by atoms with Crippen LogP contribution in [-0.2, 0) is 11.1 Å². The predicted molar refractivity (Wildman–Crippen MR) is 124 cm³/mol. The number of nitrogens with one attached hydrogen (secondary N) is 1. The summed E-state index contributed by atoms with van der Waals surface area (Å²) in [6, 6.07) is 5.67. The Morgan fingerprint density at radius 1 is 1.09 bits per heavy atom. The van der Waals surface area contributed by atoms with Crippen molar-refractivity contribution < 1.29 is 19.0 Å². The highest BCUT2D eigenvalue weighted by Gasteiger charge is 2.50. The van der Waals surface area contributed by atoms with Gasteiger partial charge in [-0.2, -0.15) is 0 Å². The number of aryl methyl sites for hydroxylation is 1. The van der Waals surface area contributed by atoms with Gasteiger partial charge in [-0.25, -0.2) is 13.8 Å². The van der Waals surface area contributed by atoms with Crippen LogP contribution in [0.5, 0.6) is 0 Å². The van der Waals surface area contributed by atoms with Crippen LogP contribution in [0.4, 0.5) is 14.6 Å². The topological polar surface area (TPSA) is 71.9 Å². The van der Waals surface area contributed by atoms with E-state index in [0.29, 0.717) is 30.8 Å². The third-order valence-corrected chi connectivity index (χ3v) is 7.52. The second-order valence-corrected chi connectivity index (χ2v) is 10.4. The van der Waals surface area contributed by atoms with Crippen LogP contribution >= 0.6 is 0 Å². The molecule has 1 aliphatic heterocycles. The van der Waals surface area contributed by atoms with E-state index in [4.69, 9.17) is 0 Å². The number of nitrogens with zero attached hydrogens (tertiary/aromatic N) is 3. The van der Waals surface area contributed by atoms with E-state index in [0.717, 1.165) is 30.0 Å². The van der Waals surface area contributed by atoms with E-state index in [-0.39, 0.29) is 5.54 Å². The van der Waals surface area contributed by atoms with Crippen molar-refractivity contribution in [1.29, 1.82) is 0 Å². The Bertz CT molecular complexity index is 1010. The van der Waals surface area contributed by atoms with Gasteiger partial charge in [-0.3, -0.25) is 10.2 Å². The highest BCUT2D eigenvalue weighted by Crippen LogP contribution is 2.47. The lowest BCUT2D eigenvalue weighted by molar-refractivity contribution is 0.0509. The summed E-state index contributed by atoms with van der Waals surface area (Å²) in [4.78, 5) is 8.46. The molecule has 2 aliphatic rings. The molecule has 1 saturated carbocycles. The zero-order chi connectivity index (χ0) is 24.2. The lowest BCUT2D eigenvalue weighted by Crippen LogP contribution is -2.54. The molecule has 1 aromatic heterocycles. The Hall–Kier alpha value is -2.13. The molecule has 0 radical (unpaired) electrons. The Balaban J connectivity index is 1.57. The minimum atomic E-state index is -0.991. The summed E-state index contributed by atoms with van der Waals surface area (Å²) in [5.41, 5.74) is 0.450. The molecule has 1 atom stereocenters. The molecule has 1 aliphatic carbocycles. The fourth-order valence-electron chi connectivity index (χ4n) is 5.46. The molecule has 3 N–H and O–H groups in total. The number of aromatic nitrogens is 1. The number of benzene rings is 1. The van der Waals surface area contributed by atoms with Crippen LogP contribution in [0, 0.1) is 18.6 Å². The van der Waals surface area contributed by atoms with E-state index in [1.807, 2.05) is 32.0 Å². The van der Waals surface area contributed by atoms with Gasteiger partial charge in [0.2, 0.25) is 0 Å². The van der Waals surface area contributed by atoms with Gasteiger partial charge in [-0.15, -0.1) is 0 Å². The maximum Gasteiger partial charge on any atom is 0.185 e. The summed E-state index contributed by atoms with van der Waals surface area (Å²) in [6.07, 6.45) is 3.62. The van der Waals surface area contributed by atoms with E-state index in [1.54, 1.807) is 20.0 Å². The molecule has 0 bridgehead atoms. The molecule has 1 unspecified atom stereocenters. The Morgan fingerprint density at radius 2 is 1.70 bits per heavy atom. The van der Waals surface area contributed by atoms with Gasteiger partial charge >= 0.3 is 0 Å². The molecular formula is C25H34F2N4O2. The number of aliphatic hydroxyl groups is 2. The number of halogens is 2. The molecule has 180 valence electrons. The maximum atomic E-state index is 14.0. The third-order valence-electron chi connectivity index (χ3n) is 7.52. The van der Waals surface area contributed by atoms with Crippen molar-refractivity contribution in [2.45, 2.75) is 69.5 Å². The quantitative estimate of drug-likeness (QED) is 0.650. The van der Waals surface area contributed by atoms with E-state index in [2.05, 4.69) is 15.2 Å². The molecular weight excluding hydrogens is 426 g/mol. The Morgan fingerprint density at radius 3 is 2.21 bits per heavy atom. The minimum Gasteiger partial charge on any atom is -0.386 e. The predicted octanol–water partition coefficient (Wildman–Crippen LogP) is 3.35. The maximum absolute atomic E-state index is 14.0. The summed E-state index contributed by atoms with van der Waals surface area (Å²) in [5, 5.41) is 24.5.